The van der Waals surface area contributed by atoms with Gasteiger partial charge in [0, 0.05) is 19.7 Å². The Morgan fingerprint density at radius 2 is 1.85 bits per heavy atom. The van der Waals surface area contributed by atoms with E-state index >= 15 is 0 Å². The van der Waals surface area contributed by atoms with Crippen molar-refractivity contribution in [3.63, 3.8) is 0 Å². The number of fused-ring (bicyclic) bond motifs is 1. The van der Waals surface area contributed by atoms with Crippen LogP contribution in [-0.4, -0.2) is 38.0 Å². The number of hydrogen-bond acceptors (Lipinski definition) is 6. The van der Waals surface area contributed by atoms with Crippen molar-refractivity contribution in [1.82, 2.24) is 0 Å². The number of anilines is 2. The van der Waals surface area contributed by atoms with Crippen LogP contribution in [0.5, 0.6) is 11.5 Å². The summed E-state index contributed by atoms with van der Waals surface area (Å²) >= 11 is 0. The number of ether oxygens (including phenoxy) is 2. The molecule has 0 bridgehead atoms. The first-order valence-electron chi connectivity index (χ1n) is 8.04. The van der Waals surface area contributed by atoms with E-state index in [1.54, 1.807) is 60.5 Å². The molecule has 0 aliphatic carbocycles. The van der Waals surface area contributed by atoms with E-state index in [1.807, 2.05) is 0 Å². The normalized spacial score (nSPS) is 12.8. The molecular formula is C19H18N2O5. The van der Waals surface area contributed by atoms with Gasteiger partial charge in [-0.05, 0) is 36.4 Å². The van der Waals surface area contributed by atoms with Crippen molar-refractivity contribution in [2.45, 2.75) is 6.92 Å². The summed E-state index contributed by atoms with van der Waals surface area (Å²) in [7, 11) is 1.66. The molecule has 0 fully saturated rings. The predicted molar refractivity (Wildman–Crippen MR) is 95.5 cm³/mol. The molecule has 7 heteroatoms. The van der Waals surface area contributed by atoms with Gasteiger partial charge < -0.3 is 19.3 Å². The number of hydrogen-bond donors (Lipinski definition) is 0. The lowest BCUT2D eigenvalue weighted by Gasteiger charge is -2.28. The molecule has 0 saturated carbocycles. The van der Waals surface area contributed by atoms with Gasteiger partial charge in [-0.1, -0.05) is 12.1 Å². The number of rotatable bonds is 4. The lowest BCUT2D eigenvalue weighted by Crippen LogP contribution is -2.41. The summed E-state index contributed by atoms with van der Waals surface area (Å²) in [6.45, 7) is 1.37. The van der Waals surface area contributed by atoms with Gasteiger partial charge in [0.2, 0.25) is 5.91 Å². The van der Waals surface area contributed by atoms with Crippen LogP contribution < -0.4 is 19.3 Å². The van der Waals surface area contributed by atoms with Gasteiger partial charge in [-0.15, -0.1) is 0 Å². The number of benzene rings is 2. The van der Waals surface area contributed by atoms with E-state index in [0.717, 1.165) is 0 Å². The van der Waals surface area contributed by atoms with E-state index in [4.69, 9.17) is 9.47 Å². The molecule has 0 N–H and O–H groups in total. The summed E-state index contributed by atoms with van der Waals surface area (Å²) < 4.78 is 10.5. The highest BCUT2D eigenvalue weighted by Gasteiger charge is 2.25. The van der Waals surface area contributed by atoms with Crippen LogP contribution >= 0.6 is 0 Å². The van der Waals surface area contributed by atoms with Gasteiger partial charge in [-0.3, -0.25) is 4.79 Å². The number of para-hydroxylation sites is 2. The maximum absolute atomic E-state index is 12.2. The van der Waals surface area contributed by atoms with Crippen LogP contribution in [-0.2, 0) is 14.4 Å². The SMILES string of the molecule is CC(=O)N(C)c1ccc(OC(=O)CN2CC(=O)Oc3ccccc32)cc1. The van der Waals surface area contributed by atoms with Crippen molar-refractivity contribution in [3.8, 4) is 11.5 Å². The molecule has 1 amide bonds. The monoisotopic (exact) mass is 354 g/mol. The second-order valence-electron chi connectivity index (χ2n) is 5.84. The molecule has 2 aromatic rings. The predicted octanol–water partition coefficient (Wildman–Crippen LogP) is 2.00. The van der Waals surface area contributed by atoms with E-state index in [-0.39, 0.29) is 19.0 Å². The lowest BCUT2D eigenvalue weighted by atomic mass is 10.2. The summed E-state index contributed by atoms with van der Waals surface area (Å²) in [6.07, 6.45) is 0. The minimum atomic E-state index is -0.498. The fraction of sp³-hybridized carbons (Fsp3) is 0.211. The lowest BCUT2D eigenvalue weighted by molar-refractivity contribution is -0.134. The first-order valence-corrected chi connectivity index (χ1v) is 8.04. The minimum absolute atomic E-state index is 0.0194. The Labute approximate surface area is 150 Å². The van der Waals surface area contributed by atoms with Gasteiger partial charge in [0.25, 0.3) is 0 Å². The van der Waals surface area contributed by atoms with Gasteiger partial charge in [-0.25, -0.2) is 9.59 Å². The Bertz CT molecular complexity index is 847. The first-order chi connectivity index (χ1) is 12.4. The molecule has 1 aliphatic heterocycles. The van der Waals surface area contributed by atoms with Gasteiger partial charge in [-0.2, -0.15) is 0 Å². The molecule has 3 rings (SSSR count). The van der Waals surface area contributed by atoms with Gasteiger partial charge in [0.15, 0.2) is 5.75 Å². The Morgan fingerprint density at radius 1 is 1.15 bits per heavy atom. The third-order valence-electron chi connectivity index (χ3n) is 4.00. The molecule has 1 heterocycles. The summed E-state index contributed by atoms with van der Waals surface area (Å²) in [4.78, 5) is 38.4. The molecule has 1 aliphatic rings. The molecule has 0 radical (unpaired) electrons. The van der Waals surface area contributed by atoms with Gasteiger partial charge in [0.05, 0.1) is 5.69 Å². The summed E-state index contributed by atoms with van der Waals surface area (Å²) in [6, 6.07) is 13.6. The quantitative estimate of drug-likeness (QED) is 0.617. The Balaban J connectivity index is 1.66. The maximum Gasteiger partial charge on any atom is 0.331 e. The zero-order chi connectivity index (χ0) is 18.7. The average molecular weight is 354 g/mol. The van der Waals surface area contributed by atoms with Crippen molar-refractivity contribution < 1.29 is 23.9 Å². The topological polar surface area (TPSA) is 76.2 Å². The molecule has 0 saturated heterocycles. The standard InChI is InChI=1S/C19H18N2O5/c1-13(22)20(2)14-7-9-15(10-8-14)25-18(23)11-21-12-19(24)26-17-6-4-3-5-16(17)21/h3-10H,11-12H2,1-2H3. The van der Waals surface area contributed by atoms with Crippen molar-refractivity contribution in [1.29, 1.82) is 0 Å². The van der Waals surface area contributed by atoms with Crippen molar-refractivity contribution in [2.24, 2.45) is 0 Å². The zero-order valence-corrected chi connectivity index (χ0v) is 14.5. The fourth-order valence-corrected chi connectivity index (χ4v) is 2.58. The van der Waals surface area contributed by atoms with Crippen LogP contribution in [0.25, 0.3) is 0 Å². The molecule has 7 nitrogen and oxygen atoms in total. The highest BCUT2D eigenvalue weighted by atomic mass is 16.5. The molecule has 26 heavy (non-hydrogen) atoms. The second-order valence-corrected chi connectivity index (χ2v) is 5.84. The third kappa shape index (κ3) is 3.83. The van der Waals surface area contributed by atoms with Gasteiger partial charge in [0.1, 0.15) is 18.8 Å². The number of carbonyl (C=O) groups excluding carboxylic acids is 3. The molecule has 0 spiro atoms. The second kappa shape index (κ2) is 7.26. The summed E-state index contributed by atoms with van der Waals surface area (Å²) in [5.41, 5.74) is 1.37. The molecular weight excluding hydrogens is 336 g/mol. The van der Waals surface area contributed by atoms with Crippen LogP contribution in [0.2, 0.25) is 0 Å². The molecule has 0 aromatic heterocycles. The number of nitrogens with zero attached hydrogens (tertiary/aromatic N) is 2. The largest absolute Gasteiger partial charge is 0.425 e. The van der Waals surface area contributed by atoms with E-state index in [9.17, 15) is 14.4 Å². The van der Waals surface area contributed by atoms with Gasteiger partial charge >= 0.3 is 11.9 Å². The number of amides is 1. The van der Waals surface area contributed by atoms with E-state index in [0.29, 0.717) is 22.9 Å². The zero-order valence-electron chi connectivity index (χ0n) is 14.5. The maximum atomic E-state index is 12.2. The molecule has 2 aromatic carbocycles. The van der Waals surface area contributed by atoms with Crippen molar-refractivity contribution >= 4 is 29.2 Å². The highest BCUT2D eigenvalue weighted by Crippen LogP contribution is 2.31. The Hall–Kier alpha value is -3.35. The van der Waals surface area contributed by atoms with Crippen LogP contribution in [0, 0.1) is 0 Å². The highest BCUT2D eigenvalue weighted by molar-refractivity contribution is 5.91. The van der Waals surface area contributed by atoms with Crippen LogP contribution in [0.1, 0.15) is 6.92 Å². The Kier molecular flexibility index (Phi) is 4.88. The van der Waals surface area contributed by atoms with Crippen LogP contribution in [0.4, 0.5) is 11.4 Å². The number of esters is 2. The summed E-state index contributed by atoms with van der Waals surface area (Å²) in [5.74, 6) is -0.225. The average Bonchev–Trinajstić information content (AvgIpc) is 2.61. The van der Waals surface area contributed by atoms with Crippen molar-refractivity contribution in [2.75, 3.05) is 29.9 Å². The van der Waals surface area contributed by atoms with Crippen molar-refractivity contribution in [3.05, 3.63) is 48.5 Å². The van der Waals surface area contributed by atoms with Crippen LogP contribution in [0.15, 0.2) is 48.5 Å². The molecule has 0 unspecified atom stereocenters. The number of carbonyl (C=O) groups is 3. The Morgan fingerprint density at radius 3 is 2.54 bits per heavy atom. The van der Waals surface area contributed by atoms with E-state index < -0.39 is 11.9 Å². The van der Waals surface area contributed by atoms with E-state index in [2.05, 4.69) is 0 Å². The first kappa shape index (κ1) is 17.5. The molecule has 0 atom stereocenters. The summed E-state index contributed by atoms with van der Waals surface area (Å²) in [5, 5.41) is 0. The smallest absolute Gasteiger partial charge is 0.331 e. The van der Waals surface area contributed by atoms with E-state index in [1.165, 1.54) is 11.8 Å². The minimum Gasteiger partial charge on any atom is -0.425 e. The van der Waals surface area contributed by atoms with Crippen LogP contribution in [0.3, 0.4) is 0 Å². The fourth-order valence-electron chi connectivity index (χ4n) is 2.58. The third-order valence-corrected chi connectivity index (χ3v) is 4.00. The molecule has 134 valence electrons.